The van der Waals surface area contributed by atoms with E-state index in [0.717, 1.165) is 17.0 Å². The van der Waals surface area contributed by atoms with Crippen molar-refractivity contribution in [1.82, 2.24) is 24.9 Å². The molecule has 0 saturated heterocycles. The Labute approximate surface area is 171 Å². The van der Waals surface area contributed by atoms with Crippen LogP contribution >= 0.6 is 11.6 Å². The van der Waals surface area contributed by atoms with E-state index in [1.807, 2.05) is 19.9 Å². The first-order valence-electron chi connectivity index (χ1n) is 8.75. The zero-order valence-electron chi connectivity index (χ0n) is 15.7. The number of ether oxygens (including phenoxy) is 1. The van der Waals surface area contributed by atoms with Crippen LogP contribution in [0.5, 0.6) is 0 Å². The summed E-state index contributed by atoms with van der Waals surface area (Å²) in [6.07, 6.45) is 1.45. The predicted molar refractivity (Wildman–Crippen MR) is 105 cm³/mol. The van der Waals surface area contributed by atoms with E-state index in [2.05, 4.69) is 20.2 Å². The lowest BCUT2D eigenvalue weighted by Gasteiger charge is -2.05. The van der Waals surface area contributed by atoms with E-state index in [0.29, 0.717) is 22.2 Å². The van der Waals surface area contributed by atoms with Crippen LogP contribution in [0.1, 0.15) is 27.6 Å². The summed E-state index contributed by atoms with van der Waals surface area (Å²) in [7, 11) is 0. The number of nitrogens with zero attached hydrogens (tertiary/aromatic N) is 5. The molecular weight excluding hydrogens is 394 g/mol. The summed E-state index contributed by atoms with van der Waals surface area (Å²) in [5, 5.41) is 8.86. The highest BCUT2D eigenvalue weighted by Gasteiger charge is 2.14. The predicted octanol–water partition coefficient (Wildman–Crippen LogP) is 3.94. The van der Waals surface area contributed by atoms with E-state index in [9.17, 15) is 4.79 Å². The number of benzene rings is 1. The molecule has 3 aromatic heterocycles. The molecule has 0 atom stereocenters. The van der Waals surface area contributed by atoms with Gasteiger partial charge in [0.1, 0.15) is 0 Å². The van der Waals surface area contributed by atoms with E-state index in [1.54, 1.807) is 41.1 Å². The highest BCUT2D eigenvalue weighted by atomic mass is 35.5. The zero-order valence-corrected chi connectivity index (χ0v) is 16.4. The van der Waals surface area contributed by atoms with Gasteiger partial charge in [-0.3, -0.25) is 0 Å². The van der Waals surface area contributed by atoms with Crippen LogP contribution in [-0.2, 0) is 11.3 Å². The van der Waals surface area contributed by atoms with Crippen LogP contribution < -0.4 is 0 Å². The van der Waals surface area contributed by atoms with Crippen LogP contribution in [0.25, 0.3) is 17.2 Å². The van der Waals surface area contributed by atoms with Crippen molar-refractivity contribution in [3.63, 3.8) is 0 Å². The smallest absolute Gasteiger partial charge is 0.340 e. The lowest BCUT2D eigenvalue weighted by atomic mass is 10.2. The number of esters is 1. The number of hydrogen-bond acceptors (Lipinski definition) is 7. The topological polar surface area (TPSA) is 95.9 Å². The monoisotopic (exact) mass is 409 g/mol. The standard InChI is InChI=1S/C20H16ClN5O3/c1-12-9-13(2)26(24-12)17-8-5-15(10-22-17)20(27)28-11-18-23-19(25-29-18)14-3-6-16(21)7-4-14/h3-10H,11H2,1-2H3. The molecule has 9 heteroatoms. The molecule has 1 aromatic carbocycles. The lowest BCUT2D eigenvalue weighted by Crippen LogP contribution is -2.08. The van der Waals surface area contributed by atoms with Crippen molar-refractivity contribution in [2.75, 3.05) is 0 Å². The van der Waals surface area contributed by atoms with Crippen molar-refractivity contribution in [2.45, 2.75) is 20.5 Å². The highest BCUT2D eigenvalue weighted by Crippen LogP contribution is 2.19. The fraction of sp³-hybridized carbons (Fsp3) is 0.150. The fourth-order valence-corrected chi connectivity index (χ4v) is 2.86. The molecule has 29 heavy (non-hydrogen) atoms. The number of carbonyl (C=O) groups excluding carboxylic acids is 1. The number of halogens is 1. The van der Waals surface area contributed by atoms with Crippen LogP contribution in [0.4, 0.5) is 0 Å². The van der Waals surface area contributed by atoms with Gasteiger partial charge in [0.25, 0.3) is 5.89 Å². The van der Waals surface area contributed by atoms with Gasteiger partial charge in [0.2, 0.25) is 5.82 Å². The lowest BCUT2D eigenvalue weighted by molar-refractivity contribution is 0.0429. The third-order valence-corrected chi connectivity index (χ3v) is 4.36. The summed E-state index contributed by atoms with van der Waals surface area (Å²) in [5.74, 6) is 0.666. The molecule has 0 aliphatic rings. The summed E-state index contributed by atoms with van der Waals surface area (Å²) in [6.45, 7) is 3.70. The van der Waals surface area contributed by atoms with Gasteiger partial charge in [-0.1, -0.05) is 16.8 Å². The molecule has 3 heterocycles. The molecule has 0 saturated carbocycles. The maximum atomic E-state index is 12.3. The van der Waals surface area contributed by atoms with Gasteiger partial charge < -0.3 is 9.26 Å². The number of pyridine rings is 1. The summed E-state index contributed by atoms with van der Waals surface area (Å²) in [6, 6.07) is 12.3. The Hall–Kier alpha value is -3.52. The van der Waals surface area contributed by atoms with Gasteiger partial charge in [-0.25, -0.2) is 14.5 Å². The quantitative estimate of drug-likeness (QED) is 0.460. The van der Waals surface area contributed by atoms with Crippen molar-refractivity contribution in [3.8, 4) is 17.2 Å². The van der Waals surface area contributed by atoms with Crippen molar-refractivity contribution in [3.05, 3.63) is 76.5 Å². The zero-order chi connectivity index (χ0) is 20.4. The summed E-state index contributed by atoms with van der Waals surface area (Å²) in [5.41, 5.74) is 2.91. The highest BCUT2D eigenvalue weighted by molar-refractivity contribution is 6.30. The normalized spacial score (nSPS) is 10.9. The molecule has 146 valence electrons. The maximum absolute atomic E-state index is 12.3. The van der Waals surface area contributed by atoms with Crippen LogP contribution in [0.2, 0.25) is 5.02 Å². The molecule has 0 spiro atoms. The minimum absolute atomic E-state index is 0.140. The molecule has 0 aliphatic carbocycles. The Bertz CT molecular complexity index is 1150. The van der Waals surface area contributed by atoms with Gasteiger partial charge in [-0.05, 0) is 56.3 Å². The summed E-state index contributed by atoms with van der Waals surface area (Å²) >= 11 is 5.87. The van der Waals surface area contributed by atoms with Crippen molar-refractivity contribution in [1.29, 1.82) is 0 Å². The molecule has 0 bridgehead atoms. The van der Waals surface area contributed by atoms with Gasteiger partial charge >= 0.3 is 5.97 Å². The van der Waals surface area contributed by atoms with Crippen molar-refractivity contribution in [2.24, 2.45) is 0 Å². The molecule has 0 N–H and O–H groups in total. The average molecular weight is 410 g/mol. The third kappa shape index (κ3) is 4.17. The Morgan fingerprint density at radius 2 is 1.97 bits per heavy atom. The summed E-state index contributed by atoms with van der Waals surface area (Å²) < 4.78 is 12.1. The number of carbonyl (C=O) groups is 1. The maximum Gasteiger partial charge on any atom is 0.340 e. The summed E-state index contributed by atoms with van der Waals surface area (Å²) in [4.78, 5) is 20.8. The van der Waals surface area contributed by atoms with Crippen LogP contribution in [0, 0.1) is 13.8 Å². The Balaban J connectivity index is 1.40. The van der Waals surface area contributed by atoms with Crippen molar-refractivity contribution < 1.29 is 14.1 Å². The number of rotatable bonds is 5. The van der Waals surface area contributed by atoms with E-state index in [1.165, 1.54) is 6.20 Å². The van der Waals surface area contributed by atoms with Crippen molar-refractivity contribution >= 4 is 17.6 Å². The fourth-order valence-electron chi connectivity index (χ4n) is 2.73. The molecule has 0 fully saturated rings. The first kappa shape index (κ1) is 18.8. The van der Waals surface area contributed by atoms with Gasteiger partial charge in [-0.2, -0.15) is 10.1 Å². The van der Waals surface area contributed by atoms with Crippen LogP contribution in [0.15, 0.2) is 53.2 Å². The first-order valence-corrected chi connectivity index (χ1v) is 9.13. The molecule has 0 aliphatic heterocycles. The molecule has 0 amide bonds. The van der Waals surface area contributed by atoms with Crippen LogP contribution in [-0.4, -0.2) is 30.9 Å². The number of aromatic nitrogens is 5. The third-order valence-electron chi connectivity index (χ3n) is 4.11. The molecule has 0 radical (unpaired) electrons. The SMILES string of the molecule is Cc1cc(C)n(-c2ccc(C(=O)OCc3nc(-c4ccc(Cl)cc4)no3)cn2)n1. The van der Waals surface area contributed by atoms with Crippen LogP contribution in [0.3, 0.4) is 0 Å². The van der Waals surface area contributed by atoms with Gasteiger partial charge in [0.05, 0.1) is 11.3 Å². The average Bonchev–Trinajstić information content (AvgIpc) is 3.33. The largest absolute Gasteiger partial charge is 0.452 e. The Morgan fingerprint density at radius 1 is 1.17 bits per heavy atom. The molecular formula is C20H16ClN5O3. The minimum Gasteiger partial charge on any atom is -0.452 e. The minimum atomic E-state index is -0.538. The van der Waals surface area contributed by atoms with E-state index < -0.39 is 5.97 Å². The molecule has 4 aromatic rings. The molecule has 0 unspecified atom stereocenters. The molecule has 4 rings (SSSR count). The number of hydrogen-bond donors (Lipinski definition) is 0. The van der Waals surface area contributed by atoms with Gasteiger partial charge in [-0.15, -0.1) is 0 Å². The van der Waals surface area contributed by atoms with Gasteiger partial charge in [0, 0.05) is 22.5 Å². The Morgan fingerprint density at radius 3 is 2.62 bits per heavy atom. The Kier molecular flexibility index (Phi) is 5.09. The molecule has 8 nitrogen and oxygen atoms in total. The van der Waals surface area contributed by atoms with Gasteiger partial charge in [0.15, 0.2) is 12.4 Å². The number of aryl methyl sites for hydroxylation is 2. The van der Waals surface area contributed by atoms with E-state index >= 15 is 0 Å². The van der Waals surface area contributed by atoms with E-state index in [-0.39, 0.29) is 12.5 Å². The van der Waals surface area contributed by atoms with E-state index in [4.69, 9.17) is 20.9 Å². The second-order valence-electron chi connectivity index (χ2n) is 6.34. The first-order chi connectivity index (χ1) is 14.0. The second-order valence-corrected chi connectivity index (χ2v) is 6.78. The second kappa shape index (κ2) is 7.84.